The molecule has 1 aliphatic carbocycles. The van der Waals surface area contributed by atoms with Gasteiger partial charge in [0, 0.05) is 42.1 Å². The highest BCUT2D eigenvalue weighted by Crippen LogP contribution is 2.50. The number of anilines is 1. The van der Waals surface area contributed by atoms with Crippen molar-refractivity contribution < 1.29 is 9.53 Å². The van der Waals surface area contributed by atoms with Gasteiger partial charge in [0.1, 0.15) is 11.2 Å². The molecule has 6 nitrogen and oxygen atoms in total. The number of imidazole rings is 1. The van der Waals surface area contributed by atoms with Gasteiger partial charge < -0.3 is 20.2 Å². The van der Waals surface area contributed by atoms with Crippen molar-refractivity contribution in [2.75, 3.05) is 11.9 Å². The molecule has 168 valence electrons. The molecule has 0 bridgehead atoms. The molecule has 1 amide bonds. The maximum Gasteiger partial charge on any atom is 0.245 e. The number of pyridine rings is 1. The molecule has 1 fully saturated rings. The number of fused-ring (bicyclic) bond motifs is 1. The van der Waals surface area contributed by atoms with Crippen LogP contribution >= 0.6 is 24.8 Å². The summed E-state index contributed by atoms with van der Waals surface area (Å²) in [5.41, 5.74) is 9.80. The van der Waals surface area contributed by atoms with Gasteiger partial charge in [-0.3, -0.25) is 4.79 Å². The number of hydrogen-bond donors (Lipinski definition) is 2. The molecule has 0 spiro atoms. The lowest BCUT2D eigenvalue weighted by molar-refractivity contribution is -0.166. The second kappa shape index (κ2) is 9.17. The molecule has 2 atom stereocenters. The van der Waals surface area contributed by atoms with Gasteiger partial charge in [0.25, 0.3) is 0 Å². The van der Waals surface area contributed by atoms with Crippen LogP contribution in [0.1, 0.15) is 32.8 Å². The summed E-state index contributed by atoms with van der Waals surface area (Å²) >= 11 is 0. The predicted molar refractivity (Wildman–Crippen MR) is 129 cm³/mol. The zero-order chi connectivity index (χ0) is 20.8. The number of aromatic nitrogens is 2. The minimum absolute atomic E-state index is 0. The molecule has 1 aromatic carbocycles. The van der Waals surface area contributed by atoms with Gasteiger partial charge >= 0.3 is 0 Å². The molecule has 8 heteroatoms. The van der Waals surface area contributed by atoms with Crippen molar-refractivity contribution in [1.82, 2.24) is 9.38 Å². The first-order valence-electron chi connectivity index (χ1n) is 10.0. The van der Waals surface area contributed by atoms with Crippen molar-refractivity contribution in [3.8, 4) is 11.3 Å². The number of rotatable bonds is 5. The summed E-state index contributed by atoms with van der Waals surface area (Å²) in [4.78, 5) is 17.6. The number of amides is 1. The van der Waals surface area contributed by atoms with Crippen LogP contribution in [0.15, 0.2) is 48.8 Å². The molecule has 2 unspecified atom stereocenters. The topological polar surface area (TPSA) is 81.6 Å². The minimum atomic E-state index is -0.940. The van der Waals surface area contributed by atoms with E-state index < -0.39 is 11.0 Å². The Labute approximate surface area is 195 Å². The van der Waals surface area contributed by atoms with Gasteiger partial charge in [-0.1, -0.05) is 32.0 Å². The fourth-order valence-electron chi connectivity index (χ4n) is 4.08. The molecule has 1 saturated carbocycles. The first-order chi connectivity index (χ1) is 13.8. The first kappa shape index (κ1) is 25.1. The number of hydrogen-bond acceptors (Lipinski definition) is 4. The van der Waals surface area contributed by atoms with E-state index in [1.807, 2.05) is 80.9 Å². The average molecular weight is 465 g/mol. The molecule has 2 heterocycles. The first-order valence-corrected chi connectivity index (χ1v) is 10.0. The molecular weight excluding hydrogens is 435 g/mol. The number of nitrogens with zero attached hydrogens (tertiary/aromatic N) is 2. The quantitative estimate of drug-likeness (QED) is 0.576. The fraction of sp³-hybridized carbons (Fsp3) is 0.391. The molecule has 4 rings (SSSR count). The largest absolute Gasteiger partial charge is 0.378 e. The molecule has 0 radical (unpaired) electrons. The number of nitrogens with two attached hydrogens (primary N) is 1. The summed E-state index contributed by atoms with van der Waals surface area (Å²) in [7, 11) is 0. The van der Waals surface area contributed by atoms with Crippen molar-refractivity contribution in [2.24, 2.45) is 11.1 Å². The van der Waals surface area contributed by atoms with Crippen LogP contribution in [-0.2, 0) is 9.53 Å². The third-order valence-electron chi connectivity index (χ3n) is 6.35. The van der Waals surface area contributed by atoms with Crippen molar-refractivity contribution >= 4 is 42.1 Å². The Morgan fingerprint density at radius 3 is 2.52 bits per heavy atom. The zero-order valence-electron chi connectivity index (χ0n) is 18.2. The molecular formula is C23H30Cl2N4O2. The van der Waals surface area contributed by atoms with E-state index in [0.717, 1.165) is 28.2 Å². The second-order valence-corrected chi connectivity index (χ2v) is 8.42. The second-order valence-electron chi connectivity index (χ2n) is 8.42. The monoisotopic (exact) mass is 464 g/mol. The molecule has 3 N–H and O–H groups in total. The van der Waals surface area contributed by atoms with Crippen molar-refractivity contribution in [3.63, 3.8) is 0 Å². The normalized spacial score (nSPS) is 21.5. The standard InChI is InChI=1S/C23H28N4O2.2ClH/c1-5-29-19-13-23(24,22(19,3)4)21(28)25-17-10-8-16(9-11-17)18-14-27-12-6-7-15(2)20(27)26-18;;/h6-12,14,19H,5,13,24H2,1-4H3,(H,25,28);2*1H. The van der Waals surface area contributed by atoms with Gasteiger partial charge in [-0.15, -0.1) is 24.8 Å². The molecule has 0 saturated heterocycles. The highest BCUT2D eigenvalue weighted by atomic mass is 35.5. The van der Waals surface area contributed by atoms with E-state index in [1.165, 1.54) is 0 Å². The number of benzene rings is 1. The number of carbonyl (C=O) groups excluding carboxylic acids is 1. The van der Waals surface area contributed by atoms with E-state index >= 15 is 0 Å². The van der Waals surface area contributed by atoms with E-state index in [9.17, 15) is 4.79 Å². The van der Waals surface area contributed by atoms with Gasteiger partial charge in [0.05, 0.1) is 11.8 Å². The predicted octanol–water partition coefficient (Wildman–Crippen LogP) is 4.62. The zero-order valence-corrected chi connectivity index (χ0v) is 19.8. The Morgan fingerprint density at radius 1 is 1.26 bits per heavy atom. The number of aryl methyl sites for hydroxylation is 1. The lowest BCUT2D eigenvalue weighted by atomic mass is 9.54. The van der Waals surface area contributed by atoms with Gasteiger partial charge in [-0.25, -0.2) is 4.98 Å². The lowest BCUT2D eigenvalue weighted by Gasteiger charge is -2.57. The van der Waals surface area contributed by atoms with Gasteiger partial charge in [-0.2, -0.15) is 0 Å². The fourth-order valence-corrected chi connectivity index (χ4v) is 4.08. The van der Waals surface area contributed by atoms with Gasteiger partial charge in [0.15, 0.2) is 0 Å². The van der Waals surface area contributed by atoms with Crippen LogP contribution < -0.4 is 11.1 Å². The van der Waals surface area contributed by atoms with Crippen molar-refractivity contribution in [3.05, 3.63) is 54.4 Å². The van der Waals surface area contributed by atoms with E-state index in [1.54, 1.807) is 0 Å². The number of nitrogens with one attached hydrogen (secondary N) is 1. The number of ether oxygens (including phenoxy) is 1. The van der Waals surface area contributed by atoms with Crippen LogP contribution in [0.5, 0.6) is 0 Å². The van der Waals surface area contributed by atoms with E-state index in [4.69, 9.17) is 15.5 Å². The SMILES string of the molecule is CCOC1CC(N)(C(=O)Nc2ccc(-c3cn4cccc(C)c4n3)cc2)C1(C)C.Cl.Cl. The Hall–Kier alpha value is -2.12. The summed E-state index contributed by atoms with van der Waals surface area (Å²) in [6.45, 7) is 8.61. The van der Waals surface area contributed by atoms with Crippen molar-refractivity contribution in [2.45, 2.75) is 45.8 Å². The molecule has 2 aromatic heterocycles. The third-order valence-corrected chi connectivity index (χ3v) is 6.35. The summed E-state index contributed by atoms with van der Waals surface area (Å²) < 4.78 is 7.74. The Kier molecular flexibility index (Phi) is 7.43. The minimum Gasteiger partial charge on any atom is -0.378 e. The molecule has 0 aliphatic heterocycles. The third kappa shape index (κ3) is 4.17. The Bertz CT molecular complexity index is 1070. The van der Waals surface area contributed by atoms with E-state index in [0.29, 0.717) is 13.0 Å². The Morgan fingerprint density at radius 2 is 1.94 bits per heavy atom. The van der Waals surface area contributed by atoms with E-state index in [-0.39, 0.29) is 36.8 Å². The highest BCUT2D eigenvalue weighted by Gasteiger charge is 2.62. The van der Waals surface area contributed by atoms with E-state index in [2.05, 4.69) is 5.32 Å². The molecule has 1 aliphatic rings. The van der Waals surface area contributed by atoms with Crippen molar-refractivity contribution in [1.29, 1.82) is 0 Å². The highest BCUT2D eigenvalue weighted by molar-refractivity contribution is 6.00. The van der Waals surface area contributed by atoms with Crippen LogP contribution in [0.3, 0.4) is 0 Å². The van der Waals surface area contributed by atoms with Crippen LogP contribution in [-0.4, -0.2) is 33.5 Å². The van der Waals surface area contributed by atoms with Crippen LogP contribution in [0.2, 0.25) is 0 Å². The summed E-state index contributed by atoms with van der Waals surface area (Å²) in [6, 6.07) is 11.8. The smallest absolute Gasteiger partial charge is 0.245 e. The molecule has 3 aromatic rings. The van der Waals surface area contributed by atoms with Crippen LogP contribution in [0.4, 0.5) is 5.69 Å². The lowest BCUT2D eigenvalue weighted by Crippen LogP contribution is -2.74. The average Bonchev–Trinajstić information content (AvgIpc) is 3.14. The summed E-state index contributed by atoms with van der Waals surface area (Å²) in [5.74, 6) is -0.172. The Balaban J connectivity index is 0.00000171. The number of halogens is 2. The van der Waals surface area contributed by atoms with Gasteiger partial charge in [0.2, 0.25) is 5.91 Å². The summed E-state index contributed by atoms with van der Waals surface area (Å²) in [6.07, 6.45) is 4.53. The maximum atomic E-state index is 12.9. The van der Waals surface area contributed by atoms with Crippen LogP contribution in [0, 0.1) is 12.3 Å². The number of carbonyl (C=O) groups is 1. The van der Waals surface area contributed by atoms with Crippen LogP contribution in [0.25, 0.3) is 16.9 Å². The molecule has 31 heavy (non-hydrogen) atoms. The van der Waals surface area contributed by atoms with Gasteiger partial charge in [-0.05, 0) is 37.6 Å². The summed E-state index contributed by atoms with van der Waals surface area (Å²) in [5, 5.41) is 2.97. The maximum absolute atomic E-state index is 12.9.